The number of halogens is 1. The largest absolute Gasteiger partial charge is 0.504 e. The Hall–Kier alpha value is -2.78. The van der Waals surface area contributed by atoms with Crippen molar-refractivity contribution in [1.82, 2.24) is 0 Å². The van der Waals surface area contributed by atoms with Crippen molar-refractivity contribution >= 4 is 33.6 Å². The average Bonchev–Trinajstić information content (AvgIpc) is 2.56. The van der Waals surface area contributed by atoms with E-state index in [9.17, 15) is 15.2 Å². The molecule has 0 saturated carbocycles. The van der Waals surface area contributed by atoms with Gasteiger partial charge >= 0.3 is 0 Å². The minimum absolute atomic E-state index is 0.0373. The van der Waals surface area contributed by atoms with E-state index in [2.05, 4.69) is 21.2 Å². The van der Waals surface area contributed by atoms with Crippen LogP contribution in [-0.2, 0) is 4.79 Å². The number of phenols is 1. The molecule has 0 atom stereocenters. The lowest BCUT2D eigenvalue weighted by atomic mass is 10.1. The maximum Gasteiger partial charge on any atom is 0.266 e. The number of carbonyl (C=O) groups excluding carboxylic acids is 1. The van der Waals surface area contributed by atoms with Crippen molar-refractivity contribution in [2.75, 3.05) is 12.4 Å². The van der Waals surface area contributed by atoms with Crippen LogP contribution >= 0.6 is 15.9 Å². The Morgan fingerprint density at radius 1 is 1.32 bits per heavy atom. The average molecular weight is 401 g/mol. The fourth-order valence-corrected chi connectivity index (χ4v) is 2.73. The van der Waals surface area contributed by atoms with Crippen molar-refractivity contribution in [1.29, 1.82) is 5.26 Å². The Morgan fingerprint density at radius 3 is 2.64 bits per heavy atom. The van der Waals surface area contributed by atoms with Gasteiger partial charge in [0.1, 0.15) is 11.6 Å². The number of rotatable bonds is 4. The minimum atomic E-state index is -0.506. The van der Waals surface area contributed by atoms with E-state index in [1.54, 1.807) is 12.1 Å². The molecule has 5 nitrogen and oxygen atoms in total. The molecule has 0 spiro atoms. The second-order valence-corrected chi connectivity index (χ2v) is 6.34. The zero-order valence-corrected chi connectivity index (χ0v) is 15.6. The Morgan fingerprint density at radius 2 is 2.04 bits per heavy atom. The molecule has 0 heterocycles. The molecule has 0 bridgehead atoms. The third-order valence-corrected chi connectivity index (χ3v) is 4.28. The van der Waals surface area contributed by atoms with Crippen LogP contribution < -0.4 is 10.1 Å². The molecule has 2 aromatic carbocycles. The second kappa shape index (κ2) is 7.86. The molecular formula is C19H17BrN2O3. The van der Waals surface area contributed by atoms with Crippen LogP contribution in [0.2, 0.25) is 0 Å². The highest BCUT2D eigenvalue weighted by Gasteiger charge is 2.13. The number of hydrogen-bond donors (Lipinski definition) is 2. The first-order chi connectivity index (χ1) is 11.8. The van der Waals surface area contributed by atoms with Crippen molar-refractivity contribution in [3.05, 3.63) is 57.1 Å². The number of carbonyl (C=O) groups is 1. The Bertz CT molecular complexity index is 898. The molecule has 128 valence electrons. The molecule has 0 aromatic heterocycles. The van der Waals surface area contributed by atoms with Gasteiger partial charge in [0, 0.05) is 10.2 Å². The van der Waals surface area contributed by atoms with Crippen molar-refractivity contribution < 1.29 is 14.6 Å². The van der Waals surface area contributed by atoms with Gasteiger partial charge in [0.2, 0.25) is 0 Å². The van der Waals surface area contributed by atoms with Crippen LogP contribution in [0.3, 0.4) is 0 Å². The molecule has 0 fully saturated rings. The fraction of sp³-hybridized carbons (Fsp3) is 0.158. The van der Waals surface area contributed by atoms with Gasteiger partial charge in [0.25, 0.3) is 5.91 Å². The third kappa shape index (κ3) is 4.40. The van der Waals surface area contributed by atoms with Crippen molar-refractivity contribution in [3.8, 4) is 17.6 Å². The molecule has 25 heavy (non-hydrogen) atoms. The normalized spacial score (nSPS) is 10.9. The highest BCUT2D eigenvalue weighted by Crippen LogP contribution is 2.33. The maximum atomic E-state index is 12.4. The number of anilines is 1. The van der Waals surface area contributed by atoms with E-state index in [0.717, 1.165) is 11.1 Å². The van der Waals surface area contributed by atoms with Crippen LogP contribution in [-0.4, -0.2) is 18.1 Å². The molecule has 0 aliphatic heterocycles. The molecule has 2 aromatic rings. The number of aryl methyl sites for hydroxylation is 2. The minimum Gasteiger partial charge on any atom is -0.504 e. The number of benzene rings is 2. The summed E-state index contributed by atoms with van der Waals surface area (Å²) < 4.78 is 5.60. The van der Waals surface area contributed by atoms with Gasteiger partial charge in [-0.05, 0) is 49.2 Å². The van der Waals surface area contributed by atoms with E-state index in [4.69, 9.17) is 4.74 Å². The Balaban J connectivity index is 2.34. The first-order valence-electron chi connectivity index (χ1n) is 7.42. The van der Waals surface area contributed by atoms with Crippen LogP contribution in [0.5, 0.6) is 11.5 Å². The lowest BCUT2D eigenvalue weighted by molar-refractivity contribution is -0.112. The highest BCUT2D eigenvalue weighted by atomic mass is 79.9. The van der Waals surface area contributed by atoms with Gasteiger partial charge in [0.05, 0.1) is 7.11 Å². The number of phenolic OH excluding ortho intramolecular Hbond substituents is 1. The summed E-state index contributed by atoms with van der Waals surface area (Å²) in [6.45, 7) is 3.86. The highest BCUT2D eigenvalue weighted by molar-refractivity contribution is 9.10. The zero-order chi connectivity index (χ0) is 18.6. The van der Waals surface area contributed by atoms with Crippen LogP contribution in [0.4, 0.5) is 5.69 Å². The molecule has 0 radical (unpaired) electrons. The lowest BCUT2D eigenvalue weighted by Crippen LogP contribution is -2.14. The standard InChI is InChI=1S/C19H17BrN2O3/c1-11-4-5-16(12(2)6-11)22-19(24)14(10-21)7-13-8-18(25-3)17(23)9-15(13)20/h4-9,23H,1-3H3,(H,22,24)/b14-7+. The number of nitrogens with one attached hydrogen (secondary N) is 1. The number of amides is 1. The van der Waals surface area contributed by atoms with Crippen molar-refractivity contribution in [2.24, 2.45) is 0 Å². The second-order valence-electron chi connectivity index (χ2n) is 5.49. The molecule has 0 aliphatic rings. The number of aromatic hydroxyl groups is 1. The zero-order valence-electron chi connectivity index (χ0n) is 14.1. The summed E-state index contributed by atoms with van der Waals surface area (Å²) in [4.78, 5) is 12.4. The molecule has 6 heteroatoms. The molecule has 2 rings (SSSR count). The van der Waals surface area contributed by atoms with Crippen molar-refractivity contribution in [3.63, 3.8) is 0 Å². The third-order valence-electron chi connectivity index (χ3n) is 3.59. The van der Waals surface area contributed by atoms with Gasteiger partial charge in [-0.15, -0.1) is 0 Å². The molecule has 2 N–H and O–H groups in total. The Labute approximate surface area is 154 Å². The Kier molecular flexibility index (Phi) is 5.84. The summed E-state index contributed by atoms with van der Waals surface area (Å²) in [5, 5.41) is 21.8. The van der Waals surface area contributed by atoms with E-state index in [0.29, 0.717) is 15.7 Å². The number of ether oxygens (including phenoxy) is 1. The van der Waals surface area contributed by atoms with Gasteiger partial charge in [-0.25, -0.2) is 0 Å². The summed E-state index contributed by atoms with van der Waals surface area (Å²) >= 11 is 3.30. The van der Waals surface area contributed by atoms with Gasteiger partial charge in [0.15, 0.2) is 11.5 Å². The van der Waals surface area contributed by atoms with E-state index < -0.39 is 5.91 Å². The molecule has 1 amide bonds. The summed E-state index contributed by atoms with van der Waals surface area (Å²) in [6, 6.07) is 10.5. The van der Waals surface area contributed by atoms with E-state index in [-0.39, 0.29) is 17.1 Å². The number of nitriles is 1. The van der Waals surface area contributed by atoms with Gasteiger partial charge < -0.3 is 15.2 Å². The van der Waals surface area contributed by atoms with Gasteiger partial charge in [-0.3, -0.25) is 4.79 Å². The van der Waals surface area contributed by atoms with E-state index in [1.807, 2.05) is 32.0 Å². The molecule has 0 unspecified atom stereocenters. The van der Waals surface area contributed by atoms with Crippen molar-refractivity contribution in [2.45, 2.75) is 13.8 Å². The van der Waals surface area contributed by atoms with Crippen LogP contribution in [0, 0.1) is 25.2 Å². The first kappa shape index (κ1) is 18.6. The summed E-state index contributed by atoms with van der Waals surface area (Å²) in [7, 11) is 1.43. The summed E-state index contributed by atoms with van der Waals surface area (Å²) in [5.74, 6) is -0.292. The lowest BCUT2D eigenvalue weighted by Gasteiger charge is -2.09. The first-order valence-corrected chi connectivity index (χ1v) is 8.22. The van der Waals surface area contributed by atoms with Gasteiger partial charge in [-0.1, -0.05) is 33.6 Å². The number of methoxy groups -OCH3 is 1. The number of hydrogen-bond acceptors (Lipinski definition) is 4. The van der Waals surface area contributed by atoms with Crippen LogP contribution in [0.1, 0.15) is 16.7 Å². The predicted molar refractivity (Wildman–Crippen MR) is 100 cm³/mol. The maximum absolute atomic E-state index is 12.4. The number of nitrogens with zero attached hydrogens (tertiary/aromatic N) is 1. The van der Waals surface area contributed by atoms with E-state index >= 15 is 0 Å². The smallest absolute Gasteiger partial charge is 0.266 e. The van der Waals surface area contributed by atoms with Gasteiger partial charge in [-0.2, -0.15) is 5.26 Å². The van der Waals surface area contributed by atoms with Crippen LogP contribution in [0.25, 0.3) is 6.08 Å². The van der Waals surface area contributed by atoms with Crippen LogP contribution in [0.15, 0.2) is 40.4 Å². The monoisotopic (exact) mass is 400 g/mol. The SMILES string of the molecule is COc1cc(/C=C(\C#N)C(=O)Nc2ccc(C)cc2C)c(Br)cc1O. The predicted octanol–water partition coefficient (Wildman–Crippen LogP) is 4.33. The summed E-state index contributed by atoms with van der Waals surface area (Å²) in [5.41, 5.74) is 3.14. The molecular weight excluding hydrogens is 384 g/mol. The fourth-order valence-electron chi connectivity index (χ4n) is 2.28. The van der Waals surface area contributed by atoms with E-state index in [1.165, 1.54) is 19.3 Å². The topological polar surface area (TPSA) is 82.3 Å². The quantitative estimate of drug-likeness (QED) is 0.590. The molecule has 0 aliphatic carbocycles. The summed E-state index contributed by atoms with van der Waals surface area (Å²) in [6.07, 6.45) is 1.44. The molecule has 0 saturated heterocycles.